The monoisotopic (exact) mass is 294 g/mol. The number of aryl methyl sites for hydroxylation is 2. The summed E-state index contributed by atoms with van der Waals surface area (Å²) in [6.45, 7) is 0. The number of fused-ring (bicyclic) bond motifs is 2. The van der Waals surface area contributed by atoms with Crippen LogP contribution in [0.3, 0.4) is 0 Å². The highest BCUT2D eigenvalue weighted by molar-refractivity contribution is 5.69. The Morgan fingerprint density at radius 2 is 1.23 bits per heavy atom. The largest absolute Gasteiger partial charge is 0.519 e. The van der Waals surface area contributed by atoms with Crippen LogP contribution >= 0.6 is 0 Å². The average molecular weight is 294 g/mol. The Bertz CT molecular complexity index is 672. The molecule has 3 heteroatoms. The number of hydrogen-bond acceptors (Lipinski definition) is 3. The minimum Gasteiger partial charge on any atom is -0.394 e. The fraction of sp³-hybridized carbons (Fsp3) is 0.316. The average Bonchev–Trinajstić information content (AvgIpc) is 3.16. The van der Waals surface area contributed by atoms with E-state index in [4.69, 9.17) is 9.47 Å². The molecule has 112 valence electrons. The molecule has 2 aromatic rings. The second-order valence-corrected chi connectivity index (χ2v) is 5.95. The van der Waals surface area contributed by atoms with Crippen LogP contribution in [0.25, 0.3) is 0 Å². The summed E-state index contributed by atoms with van der Waals surface area (Å²) in [5.41, 5.74) is 4.87. The van der Waals surface area contributed by atoms with E-state index in [0.29, 0.717) is 11.5 Å². The van der Waals surface area contributed by atoms with Gasteiger partial charge in [0, 0.05) is 0 Å². The maximum atomic E-state index is 12.1. The van der Waals surface area contributed by atoms with Crippen molar-refractivity contribution in [2.24, 2.45) is 0 Å². The molecular weight excluding hydrogens is 276 g/mol. The highest BCUT2D eigenvalue weighted by atomic mass is 16.7. The molecule has 2 aromatic carbocycles. The van der Waals surface area contributed by atoms with E-state index in [0.717, 1.165) is 49.7 Å². The van der Waals surface area contributed by atoms with Gasteiger partial charge < -0.3 is 9.47 Å². The Morgan fingerprint density at radius 3 is 1.73 bits per heavy atom. The lowest BCUT2D eigenvalue weighted by atomic mass is 10.1. The van der Waals surface area contributed by atoms with E-state index in [1.807, 2.05) is 24.3 Å². The van der Waals surface area contributed by atoms with Crippen LogP contribution in [0.15, 0.2) is 36.4 Å². The molecule has 0 radical (unpaired) electrons. The number of carbonyl (C=O) groups is 1. The molecule has 0 aromatic heterocycles. The molecule has 0 fully saturated rings. The second-order valence-electron chi connectivity index (χ2n) is 5.95. The third-order valence-electron chi connectivity index (χ3n) is 4.59. The molecule has 0 unspecified atom stereocenters. The molecular formula is C19H18O3. The smallest absolute Gasteiger partial charge is 0.394 e. The van der Waals surface area contributed by atoms with Crippen LogP contribution in [-0.2, 0) is 25.7 Å². The Morgan fingerprint density at radius 1 is 0.727 bits per heavy atom. The molecule has 0 saturated heterocycles. The van der Waals surface area contributed by atoms with Gasteiger partial charge in [-0.05, 0) is 72.9 Å². The molecule has 0 spiro atoms. The normalized spacial score (nSPS) is 15.3. The zero-order valence-corrected chi connectivity index (χ0v) is 12.4. The van der Waals surface area contributed by atoms with E-state index in [1.165, 1.54) is 11.1 Å². The molecule has 4 rings (SSSR count). The number of ether oxygens (including phenoxy) is 2. The van der Waals surface area contributed by atoms with Gasteiger partial charge in [0.05, 0.1) is 0 Å². The van der Waals surface area contributed by atoms with E-state index in [2.05, 4.69) is 12.1 Å². The summed E-state index contributed by atoms with van der Waals surface area (Å²) < 4.78 is 10.9. The standard InChI is InChI=1S/C19H18O3/c20-19(21-17-11-3-7-13-5-1-9-15(13)17)22-18-12-4-8-14-6-2-10-16(14)18/h3-4,7-8,11-12H,1-2,5-6,9-10H2. The Hall–Kier alpha value is -2.29. The van der Waals surface area contributed by atoms with E-state index in [1.54, 1.807) is 0 Å². The van der Waals surface area contributed by atoms with Gasteiger partial charge in [-0.15, -0.1) is 0 Å². The molecule has 3 nitrogen and oxygen atoms in total. The van der Waals surface area contributed by atoms with Gasteiger partial charge in [0.25, 0.3) is 0 Å². The minimum absolute atomic E-state index is 0.638. The quantitative estimate of drug-likeness (QED) is 0.614. The number of hydrogen-bond donors (Lipinski definition) is 0. The fourth-order valence-electron chi connectivity index (χ4n) is 3.56. The van der Waals surface area contributed by atoms with Gasteiger partial charge in [0.15, 0.2) is 0 Å². The van der Waals surface area contributed by atoms with E-state index < -0.39 is 6.16 Å². The molecule has 0 N–H and O–H groups in total. The van der Waals surface area contributed by atoms with E-state index >= 15 is 0 Å². The van der Waals surface area contributed by atoms with Crippen molar-refractivity contribution < 1.29 is 14.3 Å². The first kappa shape index (κ1) is 13.4. The van der Waals surface area contributed by atoms with Crippen LogP contribution in [0.5, 0.6) is 11.5 Å². The lowest BCUT2D eigenvalue weighted by Gasteiger charge is -2.11. The van der Waals surface area contributed by atoms with Crippen molar-refractivity contribution in [3.8, 4) is 11.5 Å². The highest BCUT2D eigenvalue weighted by Crippen LogP contribution is 2.32. The van der Waals surface area contributed by atoms with Gasteiger partial charge in [-0.2, -0.15) is 0 Å². The van der Waals surface area contributed by atoms with Crippen LogP contribution in [0.2, 0.25) is 0 Å². The zero-order chi connectivity index (χ0) is 14.9. The zero-order valence-electron chi connectivity index (χ0n) is 12.4. The predicted molar refractivity (Wildman–Crippen MR) is 83.6 cm³/mol. The minimum atomic E-state index is -0.638. The third kappa shape index (κ3) is 2.37. The molecule has 0 saturated carbocycles. The van der Waals surface area contributed by atoms with Crippen molar-refractivity contribution in [2.45, 2.75) is 38.5 Å². The highest BCUT2D eigenvalue weighted by Gasteiger charge is 2.21. The van der Waals surface area contributed by atoms with Crippen molar-refractivity contribution in [3.05, 3.63) is 58.7 Å². The van der Waals surface area contributed by atoms with Crippen molar-refractivity contribution in [3.63, 3.8) is 0 Å². The third-order valence-corrected chi connectivity index (χ3v) is 4.59. The van der Waals surface area contributed by atoms with Crippen molar-refractivity contribution in [1.29, 1.82) is 0 Å². The predicted octanol–water partition coefficient (Wildman–Crippen LogP) is 4.24. The SMILES string of the molecule is O=C(Oc1cccc2c1CCC2)Oc1cccc2c1CCC2. The summed E-state index contributed by atoms with van der Waals surface area (Å²) in [4.78, 5) is 12.1. The molecule has 0 aliphatic heterocycles. The Balaban J connectivity index is 1.52. The van der Waals surface area contributed by atoms with Gasteiger partial charge in [-0.1, -0.05) is 24.3 Å². The van der Waals surface area contributed by atoms with Crippen LogP contribution in [0.4, 0.5) is 4.79 Å². The summed E-state index contributed by atoms with van der Waals surface area (Å²) in [5.74, 6) is 1.29. The van der Waals surface area contributed by atoms with Crippen LogP contribution < -0.4 is 9.47 Å². The van der Waals surface area contributed by atoms with Gasteiger partial charge >= 0.3 is 6.16 Å². The van der Waals surface area contributed by atoms with Gasteiger partial charge in [0.1, 0.15) is 11.5 Å². The molecule has 0 bridgehead atoms. The number of rotatable bonds is 2. The van der Waals surface area contributed by atoms with Crippen LogP contribution in [-0.4, -0.2) is 6.16 Å². The topological polar surface area (TPSA) is 35.5 Å². The van der Waals surface area contributed by atoms with E-state index in [9.17, 15) is 4.79 Å². The van der Waals surface area contributed by atoms with E-state index in [-0.39, 0.29) is 0 Å². The van der Waals surface area contributed by atoms with Gasteiger partial charge in [0.2, 0.25) is 0 Å². The molecule has 0 heterocycles. The van der Waals surface area contributed by atoms with Crippen molar-refractivity contribution in [2.75, 3.05) is 0 Å². The molecule has 2 aliphatic rings. The maximum absolute atomic E-state index is 12.1. The molecule has 22 heavy (non-hydrogen) atoms. The maximum Gasteiger partial charge on any atom is 0.519 e. The lowest BCUT2D eigenvalue weighted by Crippen LogP contribution is -2.15. The first-order valence-corrected chi connectivity index (χ1v) is 7.92. The first-order chi connectivity index (χ1) is 10.8. The summed E-state index contributed by atoms with van der Waals surface area (Å²) in [5, 5.41) is 0. The summed E-state index contributed by atoms with van der Waals surface area (Å²) in [7, 11) is 0. The summed E-state index contributed by atoms with van der Waals surface area (Å²) >= 11 is 0. The Kier molecular flexibility index (Phi) is 3.34. The van der Waals surface area contributed by atoms with Crippen LogP contribution in [0, 0.1) is 0 Å². The molecule has 0 amide bonds. The van der Waals surface area contributed by atoms with Crippen molar-refractivity contribution in [1.82, 2.24) is 0 Å². The van der Waals surface area contributed by atoms with Gasteiger partial charge in [-0.25, -0.2) is 4.79 Å². The Labute approximate surface area is 129 Å². The molecule has 0 atom stereocenters. The second kappa shape index (κ2) is 5.48. The number of carbonyl (C=O) groups excluding carboxylic acids is 1. The molecule has 2 aliphatic carbocycles. The fourth-order valence-corrected chi connectivity index (χ4v) is 3.56. The first-order valence-electron chi connectivity index (χ1n) is 7.92. The number of benzene rings is 2. The van der Waals surface area contributed by atoms with Crippen LogP contribution in [0.1, 0.15) is 35.1 Å². The summed E-state index contributed by atoms with van der Waals surface area (Å²) in [6, 6.07) is 11.8. The summed E-state index contributed by atoms with van der Waals surface area (Å²) in [6.07, 6.45) is 5.68. The van der Waals surface area contributed by atoms with Gasteiger partial charge in [-0.3, -0.25) is 0 Å². The van der Waals surface area contributed by atoms with Crippen molar-refractivity contribution >= 4 is 6.16 Å². The lowest BCUT2D eigenvalue weighted by molar-refractivity contribution is 0.151.